The van der Waals surface area contributed by atoms with E-state index in [-0.39, 0.29) is 5.04 Å². The van der Waals surface area contributed by atoms with Crippen LogP contribution in [0.3, 0.4) is 0 Å². The molecule has 2 heteroatoms. The monoisotopic (exact) mass is 396 g/mol. The zero-order valence-corrected chi connectivity index (χ0v) is 19.7. The fourth-order valence-electron chi connectivity index (χ4n) is 6.37. The molecule has 4 saturated carbocycles. The molecule has 0 saturated heterocycles. The summed E-state index contributed by atoms with van der Waals surface area (Å²) in [7, 11) is -1.72. The topological polar surface area (TPSA) is 9.23 Å². The van der Waals surface area contributed by atoms with Crippen LogP contribution in [0.5, 0.6) is 0 Å². The van der Waals surface area contributed by atoms with Crippen molar-refractivity contribution in [3.63, 3.8) is 0 Å². The lowest BCUT2D eigenvalue weighted by molar-refractivity contribution is -0.0842. The molecule has 5 rings (SSSR count). The average Bonchev–Trinajstić information content (AvgIpc) is 2.60. The van der Waals surface area contributed by atoms with Gasteiger partial charge < -0.3 is 4.43 Å². The van der Waals surface area contributed by atoms with E-state index in [1.165, 1.54) is 44.1 Å². The van der Waals surface area contributed by atoms with Crippen LogP contribution in [0.2, 0.25) is 18.1 Å². The lowest BCUT2D eigenvalue weighted by atomic mass is 9.46. The Hall–Kier alpha value is -0.863. The summed E-state index contributed by atoms with van der Waals surface area (Å²) in [5.41, 5.74) is 1.83. The van der Waals surface area contributed by atoms with Gasteiger partial charge in [-0.05, 0) is 85.4 Å². The molecule has 28 heavy (non-hydrogen) atoms. The van der Waals surface area contributed by atoms with Crippen LogP contribution in [-0.4, -0.2) is 14.9 Å². The highest BCUT2D eigenvalue weighted by atomic mass is 28.4. The highest BCUT2D eigenvalue weighted by Gasteiger charge is 2.54. The lowest BCUT2D eigenvalue weighted by Gasteiger charge is -2.59. The number of hydrogen-bond acceptors (Lipinski definition) is 1. The first-order valence-electron chi connectivity index (χ1n) is 11.5. The van der Waals surface area contributed by atoms with Gasteiger partial charge in [0.2, 0.25) is 0 Å². The number of rotatable bonds is 6. The SMILES string of the molecule is CC(C)(C)[Si](C)(C)OCC(C=Cc1ccccc1)C12CC3CC(CC(C3)C1)C2. The summed E-state index contributed by atoms with van der Waals surface area (Å²) in [5, 5.41) is 0.280. The van der Waals surface area contributed by atoms with Gasteiger partial charge in [-0.25, -0.2) is 0 Å². The molecule has 0 heterocycles. The van der Waals surface area contributed by atoms with Crippen molar-refractivity contribution < 1.29 is 4.43 Å². The average molecular weight is 397 g/mol. The van der Waals surface area contributed by atoms with Crippen molar-refractivity contribution in [2.45, 2.75) is 77.4 Å². The van der Waals surface area contributed by atoms with E-state index in [0.717, 1.165) is 24.4 Å². The predicted molar refractivity (Wildman–Crippen MR) is 123 cm³/mol. The summed E-state index contributed by atoms with van der Waals surface area (Å²) in [4.78, 5) is 0. The molecule has 0 radical (unpaired) electrons. The van der Waals surface area contributed by atoms with E-state index in [9.17, 15) is 0 Å². The Balaban J connectivity index is 1.58. The number of benzene rings is 1. The van der Waals surface area contributed by atoms with Crippen LogP contribution in [0.1, 0.15) is 64.9 Å². The molecule has 4 bridgehead atoms. The Morgan fingerprint density at radius 3 is 2.04 bits per heavy atom. The van der Waals surface area contributed by atoms with Gasteiger partial charge in [0.05, 0.1) is 0 Å². The molecule has 154 valence electrons. The summed E-state index contributed by atoms with van der Waals surface area (Å²) < 4.78 is 6.82. The van der Waals surface area contributed by atoms with Gasteiger partial charge in [0.15, 0.2) is 8.32 Å². The maximum Gasteiger partial charge on any atom is 0.192 e. The summed E-state index contributed by atoms with van der Waals surface area (Å²) in [5.74, 6) is 3.54. The molecule has 1 unspecified atom stereocenters. The third-order valence-corrected chi connectivity index (χ3v) is 13.1. The normalized spacial score (nSPS) is 33.5. The van der Waals surface area contributed by atoms with Crippen LogP contribution in [-0.2, 0) is 4.43 Å². The van der Waals surface area contributed by atoms with Gasteiger partial charge in [0.25, 0.3) is 0 Å². The van der Waals surface area contributed by atoms with E-state index in [2.05, 4.69) is 76.3 Å². The predicted octanol–water partition coefficient (Wildman–Crippen LogP) is 7.55. The van der Waals surface area contributed by atoms with Gasteiger partial charge in [0.1, 0.15) is 0 Å². The van der Waals surface area contributed by atoms with E-state index in [4.69, 9.17) is 4.43 Å². The zero-order valence-electron chi connectivity index (χ0n) is 18.7. The largest absolute Gasteiger partial charge is 0.416 e. The van der Waals surface area contributed by atoms with E-state index >= 15 is 0 Å². The van der Waals surface area contributed by atoms with Crippen molar-refractivity contribution in [3.05, 3.63) is 42.0 Å². The summed E-state index contributed by atoms with van der Waals surface area (Å²) in [6.07, 6.45) is 13.8. The van der Waals surface area contributed by atoms with Crippen molar-refractivity contribution in [2.24, 2.45) is 29.1 Å². The van der Waals surface area contributed by atoms with Gasteiger partial charge >= 0.3 is 0 Å². The van der Waals surface area contributed by atoms with E-state index in [1.807, 2.05) is 0 Å². The molecule has 0 aromatic heterocycles. The maximum absolute atomic E-state index is 6.82. The van der Waals surface area contributed by atoms with Crippen molar-refractivity contribution in [3.8, 4) is 0 Å². The van der Waals surface area contributed by atoms with Crippen LogP contribution >= 0.6 is 0 Å². The van der Waals surface area contributed by atoms with Gasteiger partial charge in [-0.1, -0.05) is 63.3 Å². The standard InChI is InChI=1S/C26H40OSi/c1-25(2,3)28(4,5)27-19-24(12-11-20-9-7-6-8-10-20)26-16-21-13-22(17-26)15-23(14-21)18-26/h6-12,21-24H,13-19H2,1-5H3. The molecule has 0 aliphatic heterocycles. The van der Waals surface area contributed by atoms with Crippen molar-refractivity contribution >= 4 is 14.4 Å². The molecule has 0 N–H and O–H groups in total. The third-order valence-electron chi connectivity index (χ3n) is 8.62. The fourth-order valence-corrected chi connectivity index (χ4v) is 7.40. The van der Waals surface area contributed by atoms with Crippen LogP contribution in [0.25, 0.3) is 6.08 Å². The maximum atomic E-state index is 6.82. The van der Waals surface area contributed by atoms with Crippen LogP contribution in [0.4, 0.5) is 0 Å². The molecule has 1 aromatic rings. The molecule has 4 aliphatic rings. The molecule has 4 aliphatic carbocycles. The molecule has 0 amide bonds. The van der Waals surface area contributed by atoms with Crippen LogP contribution in [0, 0.1) is 29.1 Å². The van der Waals surface area contributed by atoms with E-state index < -0.39 is 8.32 Å². The Morgan fingerprint density at radius 2 is 1.54 bits per heavy atom. The molecular weight excluding hydrogens is 356 g/mol. The summed E-state index contributed by atoms with van der Waals surface area (Å²) in [6, 6.07) is 10.8. The molecule has 1 aromatic carbocycles. The minimum absolute atomic E-state index is 0.280. The van der Waals surface area contributed by atoms with Crippen molar-refractivity contribution in [2.75, 3.05) is 6.61 Å². The van der Waals surface area contributed by atoms with Gasteiger partial charge in [0, 0.05) is 12.5 Å². The van der Waals surface area contributed by atoms with E-state index in [1.54, 1.807) is 0 Å². The highest BCUT2D eigenvalue weighted by Crippen LogP contribution is 2.63. The minimum atomic E-state index is -1.72. The highest BCUT2D eigenvalue weighted by molar-refractivity contribution is 6.74. The van der Waals surface area contributed by atoms with Crippen LogP contribution < -0.4 is 0 Å². The Bertz CT molecular complexity index is 662. The van der Waals surface area contributed by atoms with Crippen molar-refractivity contribution in [1.29, 1.82) is 0 Å². The van der Waals surface area contributed by atoms with Gasteiger partial charge in [-0.2, -0.15) is 0 Å². The quantitative estimate of drug-likeness (QED) is 0.451. The second-order valence-corrected chi connectivity index (χ2v) is 16.5. The third kappa shape index (κ3) is 4.05. The smallest absolute Gasteiger partial charge is 0.192 e. The molecule has 1 nitrogen and oxygen atoms in total. The molecule has 4 fully saturated rings. The molecule has 0 spiro atoms. The van der Waals surface area contributed by atoms with E-state index in [0.29, 0.717) is 11.3 Å². The lowest BCUT2D eigenvalue weighted by Crippen LogP contribution is -2.51. The Labute approximate surface area is 174 Å². The first-order chi connectivity index (χ1) is 13.2. The Kier molecular flexibility index (Phi) is 5.42. The van der Waals surface area contributed by atoms with Crippen LogP contribution in [0.15, 0.2) is 36.4 Å². The Morgan fingerprint density at radius 1 is 1.00 bits per heavy atom. The second-order valence-electron chi connectivity index (χ2n) is 11.7. The fraction of sp³-hybridized carbons (Fsp3) is 0.692. The summed E-state index contributed by atoms with van der Waals surface area (Å²) in [6.45, 7) is 12.8. The summed E-state index contributed by atoms with van der Waals surface area (Å²) >= 11 is 0. The van der Waals surface area contributed by atoms with Gasteiger partial charge in [-0.15, -0.1) is 0 Å². The molecular formula is C26H40OSi. The van der Waals surface area contributed by atoms with Crippen molar-refractivity contribution in [1.82, 2.24) is 0 Å². The first-order valence-corrected chi connectivity index (χ1v) is 14.4. The van der Waals surface area contributed by atoms with Gasteiger partial charge in [-0.3, -0.25) is 0 Å². The number of hydrogen-bond donors (Lipinski definition) is 0. The zero-order chi connectivity index (χ0) is 20.0. The molecule has 1 atom stereocenters. The minimum Gasteiger partial charge on any atom is -0.416 e. The second kappa shape index (κ2) is 7.43. The first kappa shape index (κ1) is 20.4.